The Morgan fingerprint density at radius 2 is 1.95 bits per heavy atom. The first kappa shape index (κ1) is 14.1. The van der Waals surface area contributed by atoms with Gasteiger partial charge in [0.15, 0.2) is 4.67 Å². The molecule has 2 N–H and O–H groups in total. The summed E-state index contributed by atoms with van der Waals surface area (Å²) in [6.45, 7) is 5.06. The quantitative estimate of drug-likeness (QED) is 0.855. The van der Waals surface area contributed by atoms with E-state index in [0.29, 0.717) is 6.54 Å². The van der Waals surface area contributed by atoms with Crippen molar-refractivity contribution in [1.29, 1.82) is 0 Å². The molecule has 0 aromatic carbocycles. The zero-order valence-corrected chi connectivity index (χ0v) is 14.0. The Kier molecular flexibility index (Phi) is 4.34. The van der Waals surface area contributed by atoms with Crippen LogP contribution in [0.1, 0.15) is 24.6 Å². The van der Waals surface area contributed by atoms with Gasteiger partial charge in [0, 0.05) is 38.8 Å². The minimum atomic E-state index is 0.184. The topological polar surface area (TPSA) is 45.6 Å². The van der Waals surface area contributed by atoms with Gasteiger partial charge >= 0.3 is 0 Å². The SMILES string of the molecule is NCC(c1cc(Br)c(Br)o1)N1CCN(C2CC2)CC1. The van der Waals surface area contributed by atoms with Crippen LogP contribution in [0.5, 0.6) is 0 Å². The average Bonchev–Trinajstić information content (AvgIpc) is 3.19. The van der Waals surface area contributed by atoms with Crippen molar-refractivity contribution in [3.05, 3.63) is 21.0 Å². The first-order valence-electron chi connectivity index (χ1n) is 6.82. The molecule has 0 amide bonds. The van der Waals surface area contributed by atoms with Crippen LogP contribution in [0.2, 0.25) is 0 Å². The monoisotopic (exact) mass is 391 g/mol. The normalized spacial score (nSPS) is 23.7. The number of nitrogens with zero attached hydrogens (tertiary/aromatic N) is 2. The second-order valence-corrected chi connectivity index (χ2v) is 6.90. The van der Waals surface area contributed by atoms with E-state index in [2.05, 4.69) is 41.7 Å². The Hall–Kier alpha value is 0.120. The molecule has 1 unspecified atom stereocenters. The molecular weight excluding hydrogens is 374 g/mol. The first-order valence-corrected chi connectivity index (χ1v) is 8.40. The van der Waals surface area contributed by atoms with Crippen LogP contribution in [0, 0.1) is 0 Å². The summed E-state index contributed by atoms with van der Waals surface area (Å²) < 4.78 is 7.45. The maximum Gasteiger partial charge on any atom is 0.183 e. The van der Waals surface area contributed by atoms with Crippen molar-refractivity contribution >= 4 is 31.9 Å². The molecule has 1 saturated heterocycles. The molecule has 19 heavy (non-hydrogen) atoms. The summed E-state index contributed by atoms with van der Waals surface area (Å²) in [7, 11) is 0. The molecule has 2 heterocycles. The highest BCUT2D eigenvalue weighted by molar-refractivity contribution is 9.13. The minimum Gasteiger partial charge on any atom is -0.451 e. The fraction of sp³-hybridized carbons (Fsp3) is 0.692. The van der Waals surface area contributed by atoms with E-state index in [1.165, 1.54) is 12.8 Å². The maximum absolute atomic E-state index is 5.96. The third kappa shape index (κ3) is 3.08. The molecule has 1 aromatic rings. The van der Waals surface area contributed by atoms with Gasteiger partial charge in [-0.3, -0.25) is 9.80 Å². The van der Waals surface area contributed by atoms with Crippen LogP contribution in [0.3, 0.4) is 0 Å². The minimum absolute atomic E-state index is 0.184. The van der Waals surface area contributed by atoms with Crippen molar-refractivity contribution in [3.63, 3.8) is 0 Å². The molecule has 3 rings (SSSR count). The van der Waals surface area contributed by atoms with Gasteiger partial charge < -0.3 is 10.2 Å². The molecule has 4 nitrogen and oxygen atoms in total. The smallest absolute Gasteiger partial charge is 0.183 e. The second-order valence-electron chi connectivity index (χ2n) is 5.33. The summed E-state index contributed by atoms with van der Waals surface area (Å²) >= 11 is 6.86. The predicted octanol–water partition coefficient (Wildman–Crippen LogP) is 2.58. The van der Waals surface area contributed by atoms with Crippen LogP contribution in [-0.4, -0.2) is 48.6 Å². The highest BCUT2D eigenvalue weighted by Gasteiger charge is 2.33. The Morgan fingerprint density at radius 3 is 2.42 bits per heavy atom. The molecule has 1 atom stereocenters. The molecular formula is C13H19Br2N3O. The maximum atomic E-state index is 5.96. The van der Waals surface area contributed by atoms with Crippen molar-refractivity contribution in [1.82, 2.24) is 9.80 Å². The lowest BCUT2D eigenvalue weighted by Crippen LogP contribution is -2.49. The highest BCUT2D eigenvalue weighted by Crippen LogP contribution is 2.33. The molecule has 1 aromatic heterocycles. The lowest BCUT2D eigenvalue weighted by atomic mass is 10.1. The van der Waals surface area contributed by atoms with Gasteiger partial charge in [-0.05, 0) is 50.8 Å². The predicted molar refractivity (Wildman–Crippen MR) is 82.1 cm³/mol. The Labute approximate surface area is 130 Å². The van der Waals surface area contributed by atoms with Gasteiger partial charge in [0.25, 0.3) is 0 Å². The summed E-state index contributed by atoms with van der Waals surface area (Å²) in [4.78, 5) is 5.05. The van der Waals surface area contributed by atoms with Gasteiger partial charge in [-0.1, -0.05) is 0 Å². The third-order valence-corrected chi connectivity index (χ3v) is 5.78. The molecule has 0 radical (unpaired) electrons. The lowest BCUT2D eigenvalue weighted by Gasteiger charge is -2.38. The fourth-order valence-electron chi connectivity index (χ4n) is 2.83. The fourth-order valence-corrected chi connectivity index (χ4v) is 3.43. The number of nitrogens with two attached hydrogens (primary N) is 1. The van der Waals surface area contributed by atoms with Gasteiger partial charge in [0.2, 0.25) is 0 Å². The van der Waals surface area contributed by atoms with E-state index in [-0.39, 0.29) is 6.04 Å². The van der Waals surface area contributed by atoms with E-state index in [1.54, 1.807) is 0 Å². The van der Waals surface area contributed by atoms with Gasteiger partial charge in [0.05, 0.1) is 10.5 Å². The van der Waals surface area contributed by atoms with E-state index < -0.39 is 0 Å². The van der Waals surface area contributed by atoms with Gasteiger partial charge in [-0.2, -0.15) is 0 Å². The van der Waals surface area contributed by atoms with Gasteiger partial charge in [0.1, 0.15) is 5.76 Å². The lowest BCUT2D eigenvalue weighted by molar-refractivity contribution is 0.0849. The highest BCUT2D eigenvalue weighted by atomic mass is 79.9. The first-order chi connectivity index (χ1) is 9.19. The standard InChI is InChI=1S/C13H19Br2N3O/c14-10-7-12(19-13(10)15)11(8-16)18-5-3-17(4-6-18)9-1-2-9/h7,9,11H,1-6,8,16H2. The average molecular weight is 393 g/mol. The molecule has 2 fully saturated rings. The van der Waals surface area contributed by atoms with Crippen LogP contribution < -0.4 is 5.73 Å². The van der Waals surface area contributed by atoms with Crippen molar-refractivity contribution < 1.29 is 4.42 Å². The van der Waals surface area contributed by atoms with Crippen LogP contribution in [0.4, 0.5) is 0 Å². The van der Waals surface area contributed by atoms with E-state index in [9.17, 15) is 0 Å². The number of piperazine rings is 1. The van der Waals surface area contributed by atoms with E-state index >= 15 is 0 Å². The van der Waals surface area contributed by atoms with E-state index in [1.807, 2.05) is 6.07 Å². The second kappa shape index (κ2) is 5.85. The van der Waals surface area contributed by atoms with Gasteiger partial charge in [-0.25, -0.2) is 0 Å². The molecule has 1 saturated carbocycles. The number of halogens is 2. The zero-order chi connectivity index (χ0) is 13.4. The van der Waals surface area contributed by atoms with Crippen LogP contribution >= 0.6 is 31.9 Å². The Bertz CT molecular complexity index is 420. The van der Waals surface area contributed by atoms with E-state index in [0.717, 1.165) is 47.1 Å². The van der Waals surface area contributed by atoms with Crippen molar-refractivity contribution in [2.24, 2.45) is 5.73 Å². The zero-order valence-electron chi connectivity index (χ0n) is 10.8. The molecule has 106 valence electrons. The third-order valence-electron chi connectivity index (χ3n) is 4.07. The summed E-state index contributed by atoms with van der Waals surface area (Å²) in [5, 5.41) is 0. The number of furan rings is 1. The van der Waals surface area contributed by atoms with Crippen LogP contribution in [0.25, 0.3) is 0 Å². The van der Waals surface area contributed by atoms with Crippen LogP contribution in [0.15, 0.2) is 19.6 Å². The van der Waals surface area contributed by atoms with Crippen molar-refractivity contribution in [2.45, 2.75) is 24.9 Å². The summed E-state index contributed by atoms with van der Waals surface area (Å²) in [6, 6.07) is 3.07. The van der Waals surface area contributed by atoms with Crippen molar-refractivity contribution in [2.75, 3.05) is 32.7 Å². The summed E-state index contributed by atoms with van der Waals surface area (Å²) in [5.41, 5.74) is 5.96. The van der Waals surface area contributed by atoms with Gasteiger partial charge in [-0.15, -0.1) is 0 Å². The number of hydrogen-bond acceptors (Lipinski definition) is 4. The molecule has 2 aliphatic rings. The van der Waals surface area contributed by atoms with Crippen molar-refractivity contribution in [3.8, 4) is 0 Å². The molecule has 6 heteroatoms. The number of hydrogen-bond donors (Lipinski definition) is 1. The Balaban J connectivity index is 1.65. The van der Waals surface area contributed by atoms with E-state index in [4.69, 9.17) is 10.2 Å². The summed E-state index contributed by atoms with van der Waals surface area (Å²) in [6.07, 6.45) is 2.77. The molecule has 1 aliphatic heterocycles. The molecule has 0 spiro atoms. The largest absolute Gasteiger partial charge is 0.451 e. The Morgan fingerprint density at radius 1 is 1.26 bits per heavy atom. The molecule has 1 aliphatic carbocycles. The van der Waals surface area contributed by atoms with Crippen LogP contribution in [-0.2, 0) is 0 Å². The molecule has 0 bridgehead atoms. The number of rotatable bonds is 4. The summed E-state index contributed by atoms with van der Waals surface area (Å²) in [5.74, 6) is 0.945.